The zero-order valence-corrected chi connectivity index (χ0v) is 20.7. The van der Waals surface area contributed by atoms with Crippen molar-refractivity contribution >= 4 is 0 Å². The molecule has 0 unspecified atom stereocenters. The van der Waals surface area contributed by atoms with Crippen LogP contribution in [0.15, 0.2) is 113 Å². The normalized spacial score (nSPS) is 18.0. The fourth-order valence-corrected chi connectivity index (χ4v) is 19.1. The summed E-state index contributed by atoms with van der Waals surface area (Å²) in [6, 6.07) is 33.6. The first kappa shape index (κ1) is 21.1. The standard InChI is InChI=1S/C19H15.C5H5.5CH3.Ti/c1-4-10-16(11-5-1)19(17-12-6-2-7-13-17)18-14-8-3-9-15-18;1-2-4-5-3-1;;;;;;/h1-15H;1-3H,4H2;5*1H3;. The topological polar surface area (TPSA) is 0 Å². The predicted octanol–water partition coefficient (Wildman–Crippen LogP) is 8.82. The zero-order valence-electron chi connectivity index (χ0n) is 19.1. The van der Waals surface area contributed by atoms with Crippen molar-refractivity contribution in [3.05, 3.63) is 130 Å². The number of benzene rings is 3. The fraction of sp³-hybridized carbons (Fsp3) is 0.241. The van der Waals surface area contributed by atoms with Crippen LogP contribution in [0.5, 0.6) is 0 Å². The second-order valence-electron chi connectivity index (χ2n) is 13.8. The van der Waals surface area contributed by atoms with Gasteiger partial charge in [-0.25, -0.2) is 0 Å². The van der Waals surface area contributed by atoms with Crippen molar-refractivity contribution in [2.45, 2.75) is 36.3 Å². The monoisotopic (exact) mass is 431 g/mol. The molecule has 0 saturated heterocycles. The summed E-state index contributed by atoms with van der Waals surface area (Å²) in [5.41, 5.74) is 4.13. The molecule has 3 aromatic rings. The molecule has 0 saturated carbocycles. The van der Waals surface area contributed by atoms with E-state index in [1.807, 2.05) is 0 Å². The van der Waals surface area contributed by atoms with Crippen LogP contribution >= 0.6 is 0 Å². The van der Waals surface area contributed by atoms with E-state index in [0.29, 0.717) is 0 Å². The summed E-state index contributed by atoms with van der Waals surface area (Å²) in [6.45, 7) is 0. The Bertz CT molecular complexity index is 1040. The molecule has 0 bridgehead atoms. The number of hydrogen-bond acceptors (Lipinski definition) is 0. The summed E-state index contributed by atoms with van der Waals surface area (Å²) in [4.78, 5) is 0. The molecule has 4 rings (SSSR count). The molecule has 3 aromatic carbocycles. The molecule has 0 fully saturated rings. The molecule has 0 atom stereocenters. The average molecular weight is 431 g/mol. The van der Waals surface area contributed by atoms with Crippen LogP contribution in [0.3, 0.4) is 0 Å². The summed E-state index contributed by atoms with van der Waals surface area (Å²) < 4.78 is 1.32. The van der Waals surface area contributed by atoms with E-state index in [4.69, 9.17) is 0 Å². The Kier molecular flexibility index (Phi) is 4.05. The van der Waals surface area contributed by atoms with Gasteiger partial charge in [0.05, 0.1) is 0 Å². The summed E-state index contributed by atoms with van der Waals surface area (Å²) >= 11 is -4.64. The molecular weight excluding hydrogens is 396 g/mol. The first-order valence-electron chi connectivity index (χ1n) is 11.2. The summed E-state index contributed by atoms with van der Waals surface area (Å²) in [6.07, 6.45) is 8.03. The zero-order chi connectivity index (χ0) is 21.6. The minimum atomic E-state index is -4.64. The molecule has 0 aliphatic heterocycles. The van der Waals surface area contributed by atoms with Crippen LogP contribution in [-0.2, 0) is 16.5 Å². The van der Waals surface area contributed by atoms with E-state index < -0.39 is 12.7 Å². The Labute approximate surface area is 178 Å². The minimum absolute atomic E-state index is 0.278. The van der Waals surface area contributed by atoms with E-state index in [0.717, 1.165) is 6.42 Å². The first-order chi connectivity index (χ1) is 13.9. The maximum absolute atomic E-state index is 4.64. The molecule has 0 amide bonds. The van der Waals surface area contributed by atoms with Gasteiger partial charge in [0.25, 0.3) is 0 Å². The van der Waals surface area contributed by atoms with E-state index >= 15 is 0 Å². The third-order valence-electron chi connectivity index (χ3n) is 8.22. The number of allylic oxidation sites excluding steroid dienone is 4. The van der Waals surface area contributed by atoms with Crippen molar-refractivity contribution in [2.24, 2.45) is 0 Å². The van der Waals surface area contributed by atoms with Crippen molar-refractivity contribution in [3.8, 4) is 0 Å². The number of hydrogen-bond donors (Lipinski definition) is 0. The van der Waals surface area contributed by atoms with Gasteiger partial charge in [-0.05, 0) is 0 Å². The van der Waals surface area contributed by atoms with Gasteiger partial charge in [0.2, 0.25) is 0 Å². The molecule has 155 valence electrons. The molecule has 0 radical (unpaired) electrons. The number of rotatable bonds is 5. The average Bonchev–Trinajstić information content (AvgIpc) is 3.27. The van der Waals surface area contributed by atoms with Crippen LogP contribution in [-0.4, -0.2) is 0 Å². The van der Waals surface area contributed by atoms with E-state index in [-0.39, 0.29) is 3.72 Å². The Balaban J connectivity index is 2.32. The molecule has 1 aliphatic rings. The van der Waals surface area contributed by atoms with Crippen molar-refractivity contribution in [3.63, 3.8) is 0 Å². The maximum atomic E-state index is 2.64. The molecule has 0 heterocycles. The Morgan fingerprint density at radius 2 is 0.933 bits per heavy atom. The van der Waals surface area contributed by atoms with Crippen molar-refractivity contribution < 1.29 is 12.7 Å². The molecule has 0 aromatic heterocycles. The summed E-state index contributed by atoms with van der Waals surface area (Å²) in [5, 5.41) is 13.2. The van der Waals surface area contributed by atoms with E-state index in [1.165, 1.54) is 16.7 Å². The van der Waals surface area contributed by atoms with Crippen LogP contribution in [0.2, 0.25) is 26.1 Å². The van der Waals surface area contributed by atoms with Crippen LogP contribution in [0.25, 0.3) is 0 Å². The van der Waals surface area contributed by atoms with Crippen LogP contribution in [0.4, 0.5) is 0 Å². The van der Waals surface area contributed by atoms with Gasteiger partial charge in [-0.1, -0.05) is 0 Å². The predicted molar refractivity (Wildman–Crippen MR) is 130 cm³/mol. The van der Waals surface area contributed by atoms with Gasteiger partial charge < -0.3 is 0 Å². The van der Waals surface area contributed by atoms with Gasteiger partial charge in [-0.3, -0.25) is 0 Å². The van der Waals surface area contributed by atoms with Crippen LogP contribution in [0.1, 0.15) is 23.1 Å². The van der Waals surface area contributed by atoms with Crippen molar-refractivity contribution in [1.29, 1.82) is 0 Å². The molecular formula is C29H35Ti. The van der Waals surface area contributed by atoms with Gasteiger partial charge >= 0.3 is 179 Å². The Morgan fingerprint density at radius 1 is 0.567 bits per heavy atom. The van der Waals surface area contributed by atoms with Crippen LogP contribution in [0, 0.1) is 0 Å². The fourth-order valence-electron chi connectivity index (χ4n) is 6.65. The van der Waals surface area contributed by atoms with Gasteiger partial charge in [-0.2, -0.15) is 0 Å². The van der Waals surface area contributed by atoms with Crippen molar-refractivity contribution in [2.75, 3.05) is 0 Å². The summed E-state index contributed by atoms with van der Waals surface area (Å²) in [5.74, 6) is 0. The molecule has 0 nitrogen and oxygen atoms in total. The van der Waals surface area contributed by atoms with Gasteiger partial charge in [0.15, 0.2) is 0 Å². The van der Waals surface area contributed by atoms with Gasteiger partial charge in [0.1, 0.15) is 0 Å². The Morgan fingerprint density at radius 3 is 1.23 bits per heavy atom. The van der Waals surface area contributed by atoms with Crippen molar-refractivity contribution in [1.82, 2.24) is 0 Å². The molecule has 30 heavy (non-hydrogen) atoms. The molecule has 0 N–H and O–H groups in total. The summed E-state index contributed by atoms with van der Waals surface area (Å²) in [7, 11) is 0. The Hall–Kier alpha value is -2.15. The van der Waals surface area contributed by atoms with Gasteiger partial charge in [-0.15, -0.1) is 0 Å². The molecule has 0 spiro atoms. The van der Waals surface area contributed by atoms with E-state index in [2.05, 4.69) is 135 Å². The van der Waals surface area contributed by atoms with Gasteiger partial charge in [0, 0.05) is 0 Å². The quantitative estimate of drug-likeness (QED) is 0.280. The van der Waals surface area contributed by atoms with Crippen LogP contribution < -0.4 is 0 Å². The third kappa shape index (κ3) is 2.70. The molecule has 1 heteroatoms. The second-order valence-corrected chi connectivity index (χ2v) is 39.8. The molecule has 1 aliphatic carbocycles. The van der Waals surface area contributed by atoms with E-state index in [9.17, 15) is 0 Å². The third-order valence-corrected chi connectivity index (χ3v) is 22.1. The first-order valence-corrected chi connectivity index (χ1v) is 20.6. The SMILES string of the molecule is [CH3][Ti]([CH3])([CH3])([CH3])([CH3])([C]1=CC=CC1)[C](c1ccccc1)(c1ccccc1)c1ccccc1. The van der Waals surface area contributed by atoms with E-state index in [1.54, 1.807) is 3.88 Å². The second kappa shape index (κ2) is 5.75.